The largest absolute Gasteiger partial charge is 0.487 e. The van der Waals surface area contributed by atoms with Gasteiger partial charge in [0.15, 0.2) is 11.6 Å². The second kappa shape index (κ2) is 11.1. The number of aryl methyl sites for hydroxylation is 2. The Bertz CT molecular complexity index is 1050. The van der Waals surface area contributed by atoms with E-state index in [-0.39, 0.29) is 6.10 Å². The van der Waals surface area contributed by atoms with Gasteiger partial charge in [0.1, 0.15) is 0 Å². The predicted octanol–water partition coefficient (Wildman–Crippen LogP) is 4.34. The van der Waals surface area contributed by atoms with Crippen LogP contribution in [0.15, 0.2) is 24.7 Å². The number of nitrogens with zero attached hydrogens (tertiary/aromatic N) is 6. The molecule has 9 heteroatoms. The van der Waals surface area contributed by atoms with Gasteiger partial charge in [0.25, 0.3) is 0 Å². The highest BCUT2D eigenvalue weighted by Crippen LogP contribution is 2.28. The molecule has 0 radical (unpaired) electrons. The Morgan fingerprint density at radius 3 is 2.73 bits per heavy atom. The fourth-order valence-corrected chi connectivity index (χ4v) is 3.99. The lowest BCUT2D eigenvalue weighted by atomic mass is 9.98. The maximum atomic E-state index is 6.26. The van der Waals surface area contributed by atoms with Crippen LogP contribution >= 0.6 is 0 Å². The molecule has 0 aliphatic heterocycles. The normalized spacial score (nSPS) is 14.3. The number of hydrogen-bond donors (Lipinski definition) is 1. The summed E-state index contributed by atoms with van der Waals surface area (Å²) in [6, 6.07) is 1.76. The molecule has 3 heterocycles. The number of ether oxygens (including phenoxy) is 2. The van der Waals surface area contributed by atoms with Crippen molar-refractivity contribution >= 4 is 5.95 Å². The zero-order valence-corrected chi connectivity index (χ0v) is 19.8. The van der Waals surface area contributed by atoms with Gasteiger partial charge in [-0.3, -0.25) is 4.68 Å². The molecule has 0 spiro atoms. The molecule has 9 nitrogen and oxygen atoms in total. The molecule has 0 aromatic carbocycles. The van der Waals surface area contributed by atoms with Crippen molar-refractivity contribution in [3.05, 3.63) is 36.0 Å². The van der Waals surface area contributed by atoms with E-state index in [1.54, 1.807) is 18.5 Å². The predicted molar refractivity (Wildman–Crippen MR) is 126 cm³/mol. The molecule has 0 saturated heterocycles. The Kier molecular flexibility index (Phi) is 7.70. The molecule has 0 atom stereocenters. The fourth-order valence-electron chi connectivity index (χ4n) is 3.99. The molecule has 3 aromatic heterocycles. The van der Waals surface area contributed by atoms with E-state index in [1.165, 1.54) is 19.3 Å². The van der Waals surface area contributed by atoms with Crippen LogP contribution in [0, 0.1) is 0 Å². The fraction of sp³-hybridized carbons (Fsp3) is 0.542. The summed E-state index contributed by atoms with van der Waals surface area (Å²) in [7, 11) is 1.91. The van der Waals surface area contributed by atoms with Crippen LogP contribution < -0.4 is 14.8 Å². The Hall–Kier alpha value is -3.23. The number of nitrogens with one attached hydrogen (secondary N) is 1. The van der Waals surface area contributed by atoms with Gasteiger partial charge in [-0.25, -0.2) is 15.0 Å². The third-order valence-corrected chi connectivity index (χ3v) is 5.81. The molecule has 0 bridgehead atoms. The van der Waals surface area contributed by atoms with Crippen molar-refractivity contribution in [2.24, 2.45) is 7.05 Å². The first-order valence-corrected chi connectivity index (χ1v) is 11.9. The van der Waals surface area contributed by atoms with Crippen molar-refractivity contribution in [1.29, 1.82) is 0 Å². The molecule has 1 aliphatic carbocycles. The van der Waals surface area contributed by atoms with E-state index in [0.717, 1.165) is 48.4 Å². The van der Waals surface area contributed by atoms with Crippen LogP contribution in [-0.2, 0) is 20.0 Å². The topological polar surface area (TPSA) is 99.9 Å². The number of hydrogen-bond acceptors (Lipinski definition) is 8. The van der Waals surface area contributed by atoms with Gasteiger partial charge in [0, 0.05) is 19.3 Å². The van der Waals surface area contributed by atoms with Gasteiger partial charge in [-0.1, -0.05) is 20.3 Å². The summed E-state index contributed by atoms with van der Waals surface area (Å²) in [6.07, 6.45) is 13.3. The van der Waals surface area contributed by atoms with Gasteiger partial charge in [0.2, 0.25) is 11.8 Å². The first-order chi connectivity index (χ1) is 16.2. The summed E-state index contributed by atoms with van der Waals surface area (Å²) in [6.45, 7) is 5.26. The molecule has 176 valence electrons. The quantitative estimate of drug-likeness (QED) is 0.486. The van der Waals surface area contributed by atoms with Crippen molar-refractivity contribution in [2.75, 3.05) is 11.9 Å². The molecule has 1 saturated carbocycles. The first-order valence-electron chi connectivity index (χ1n) is 11.9. The van der Waals surface area contributed by atoms with E-state index >= 15 is 0 Å². The van der Waals surface area contributed by atoms with Crippen molar-refractivity contribution < 1.29 is 9.47 Å². The maximum absolute atomic E-state index is 6.26. The third-order valence-electron chi connectivity index (χ3n) is 5.81. The van der Waals surface area contributed by atoms with Crippen molar-refractivity contribution in [2.45, 2.75) is 71.4 Å². The Balaban J connectivity index is 1.50. The molecular formula is C24H33N7O2. The van der Waals surface area contributed by atoms with Crippen LogP contribution in [0.2, 0.25) is 0 Å². The zero-order valence-electron chi connectivity index (χ0n) is 19.8. The van der Waals surface area contributed by atoms with E-state index in [2.05, 4.69) is 39.2 Å². The van der Waals surface area contributed by atoms with Crippen molar-refractivity contribution in [3.8, 4) is 23.0 Å². The number of aromatic nitrogens is 6. The molecule has 0 amide bonds. The van der Waals surface area contributed by atoms with Gasteiger partial charge in [-0.15, -0.1) is 0 Å². The molecule has 1 aliphatic rings. The second-order valence-electron chi connectivity index (χ2n) is 8.29. The second-order valence-corrected chi connectivity index (χ2v) is 8.29. The lowest BCUT2D eigenvalue weighted by Crippen LogP contribution is -2.20. The minimum atomic E-state index is 0.272. The van der Waals surface area contributed by atoms with Crippen LogP contribution in [0.25, 0.3) is 11.4 Å². The van der Waals surface area contributed by atoms with Crippen LogP contribution in [0.1, 0.15) is 63.8 Å². The Morgan fingerprint density at radius 1 is 1.09 bits per heavy atom. The summed E-state index contributed by atoms with van der Waals surface area (Å²) in [4.78, 5) is 18.2. The molecule has 0 unspecified atom stereocenters. The molecular weight excluding hydrogens is 418 g/mol. The summed E-state index contributed by atoms with van der Waals surface area (Å²) in [5, 5.41) is 7.70. The first kappa shape index (κ1) is 22.9. The minimum Gasteiger partial charge on any atom is -0.487 e. The van der Waals surface area contributed by atoms with Crippen LogP contribution in [0.3, 0.4) is 0 Å². The highest BCUT2D eigenvalue weighted by Gasteiger charge is 2.19. The van der Waals surface area contributed by atoms with Crippen molar-refractivity contribution in [1.82, 2.24) is 29.7 Å². The zero-order chi connectivity index (χ0) is 23.0. The van der Waals surface area contributed by atoms with Gasteiger partial charge in [-0.05, 0) is 38.5 Å². The van der Waals surface area contributed by atoms with E-state index in [0.29, 0.717) is 30.8 Å². The molecule has 33 heavy (non-hydrogen) atoms. The highest BCUT2D eigenvalue weighted by molar-refractivity contribution is 5.58. The summed E-state index contributed by atoms with van der Waals surface area (Å²) < 4.78 is 13.7. The van der Waals surface area contributed by atoms with E-state index < -0.39 is 0 Å². The van der Waals surface area contributed by atoms with Gasteiger partial charge in [0.05, 0.1) is 48.6 Å². The van der Waals surface area contributed by atoms with Crippen LogP contribution in [0.4, 0.5) is 5.95 Å². The lowest BCUT2D eigenvalue weighted by molar-refractivity contribution is 0.152. The Morgan fingerprint density at radius 2 is 1.94 bits per heavy atom. The number of anilines is 1. The maximum Gasteiger partial charge on any atom is 0.226 e. The standard InChI is InChI=1S/C24H33N7O2/c1-4-13-32-22-11-12-25-24(30-22)27-15-20-18(14-28-31(20)3)23-26-16-21(19(5-2)29-23)33-17-9-7-6-8-10-17/h11-12,14,16-17H,4-10,13,15H2,1-3H3,(H,25,27,30). The summed E-state index contributed by atoms with van der Waals surface area (Å²) in [5.41, 5.74) is 2.75. The average molecular weight is 452 g/mol. The minimum absolute atomic E-state index is 0.272. The highest BCUT2D eigenvalue weighted by atomic mass is 16.5. The average Bonchev–Trinajstić information content (AvgIpc) is 3.22. The van der Waals surface area contributed by atoms with Gasteiger partial charge in [-0.2, -0.15) is 10.1 Å². The molecule has 1 fully saturated rings. The van der Waals surface area contributed by atoms with Crippen molar-refractivity contribution in [3.63, 3.8) is 0 Å². The monoisotopic (exact) mass is 451 g/mol. The smallest absolute Gasteiger partial charge is 0.226 e. The summed E-state index contributed by atoms with van der Waals surface area (Å²) in [5.74, 6) is 2.51. The van der Waals surface area contributed by atoms with Gasteiger partial charge < -0.3 is 14.8 Å². The molecule has 1 N–H and O–H groups in total. The van der Waals surface area contributed by atoms with E-state index in [1.807, 2.05) is 17.9 Å². The van der Waals surface area contributed by atoms with E-state index in [9.17, 15) is 0 Å². The van der Waals surface area contributed by atoms with Gasteiger partial charge >= 0.3 is 0 Å². The van der Waals surface area contributed by atoms with Crippen LogP contribution in [0.5, 0.6) is 11.6 Å². The van der Waals surface area contributed by atoms with Crippen LogP contribution in [-0.4, -0.2) is 42.4 Å². The Labute approximate surface area is 195 Å². The third kappa shape index (κ3) is 5.77. The SMILES string of the molecule is CCCOc1ccnc(NCc2c(-c3ncc(OC4CCCCC4)c(CC)n3)cnn2C)n1. The lowest BCUT2D eigenvalue weighted by Gasteiger charge is -2.23. The number of rotatable bonds is 10. The molecule has 3 aromatic rings. The molecule has 4 rings (SSSR count). The summed E-state index contributed by atoms with van der Waals surface area (Å²) >= 11 is 0. The van der Waals surface area contributed by atoms with E-state index in [4.69, 9.17) is 14.5 Å².